The molecule has 0 radical (unpaired) electrons. The Labute approximate surface area is 103 Å². The van der Waals surface area contributed by atoms with Crippen molar-refractivity contribution in [2.45, 2.75) is 0 Å². The summed E-state index contributed by atoms with van der Waals surface area (Å²) < 4.78 is 3.57. The molecule has 0 unspecified atom stereocenters. The summed E-state index contributed by atoms with van der Waals surface area (Å²) in [6.07, 6.45) is 0. The van der Waals surface area contributed by atoms with Crippen molar-refractivity contribution in [1.82, 2.24) is 0 Å². The lowest BCUT2D eigenvalue weighted by Crippen LogP contribution is -1.76. The van der Waals surface area contributed by atoms with Crippen molar-refractivity contribution in [3.8, 4) is 0 Å². The Kier molecular flexibility index (Phi) is 3.91. The summed E-state index contributed by atoms with van der Waals surface area (Å²) in [6, 6.07) is 1.92. The lowest BCUT2D eigenvalue weighted by molar-refractivity contribution is 1.50. The van der Waals surface area contributed by atoms with Gasteiger partial charge in [0.1, 0.15) is 0 Å². The molecule has 0 amide bonds. The highest BCUT2D eigenvalue weighted by atomic mass is 79.9. The molecule has 0 bridgehead atoms. The number of hydrogen-bond acceptors (Lipinski definition) is 0. The zero-order valence-electron chi connectivity index (χ0n) is 4.97. The van der Waals surface area contributed by atoms with E-state index in [2.05, 4.69) is 63.7 Å². The second-order valence-corrected chi connectivity index (χ2v) is 5.45. The van der Waals surface area contributed by atoms with E-state index < -0.39 is 0 Å². The van der Waals surface area contributed by atoms with Gasteiger partial charge in [-0.25, -0.2) is 0 Å². The predicted molar refractivity (Wildman–Crippen MR) is 62.3 cm³/mol. The maximum absolute atomic E-state index is 5.93. The summed E-state index contributed by atoms with van der Waals surface area (Å²) in [4.78, 5) is 0. The van der Waals surface area contributed by atoms with E-state index in [0.717, 1.165) is 17.9 Å². The van der Waals surface area contributed by atoms with Crippen molar-refractivity contribution < 1.29 is 0 Å². The SMILES string of the molecule is Clc1c(Br)c(Br)cc(Br)c1Br. The molecule has 0 atom stereocenters. The van der Waals surface area contributed by atoms with Gasteiger partial charge in [0, 0.05) is 8.95 Å². The number of hydrogen-bond donors (Lipinski definition) is 0. The first-order chi connectivity index (χ1) is 5.04. The minimum atomic E-state index is 0.659. The number of halogens is 5. The van der Waals surface area contributed by atoms with E-state index >= 15 is 0 Å². The van der Waals surface area contributed by atoms with Crippen LogP contribution in [-0.4, -0.2) is 0 Å². The van der Waals surface area contributed by atoms with Crippen LogP contribution in [0.5, 0.6) is 0 Å². The number of benzene rings is 1. The van der Waals surface area contributed by atoms with Crippen LogP contribution in [0.25, 0.3) is 0 Å². The average Bonchev–Trinajstić information content (AvgIpc) is 1.97. The highest BCUT2D eigenvalue weighted by Gasteiger charge is 2.09. The van der Waals surface area contributed by atoms with Gasteiger partial charge < -0.3 is 0 Å². The fourth-order valence-electron chi connectivity index (χ4n) is 0.544. The van der Waals surface area contributed by atoms with Gasteiger partial charge in [0.15, 0.2) is 0 Å². The third-order valence-corrected chi connectivity index (χ3v) is 5.86. The third-order valence-electron chi connectivity index (χ3n) is 1.06. The van der Waals surface area contributed by atoms with E-state index in [0.29, 0.717) is 5.02 Å². The molecule has 0 saturated heterocycles. The molecule has 0 aliphatic rings. The second kappa shape index (κ2) is 4.09. The summed E-state index contributed by atoms with van der Waals surface area (Å²) in [7, 11) is 0. The van der Waals surface area contributed by atoms with E-state index in [1.54, 1.807) is 0 Å². The van der Waals surface area contributed by atoms with Crippen molar-refractivity contribution in [2.75, 3.05) is 0 Å². The highest BCUT2D eigenvalue weighted by Crippen LogP contribution is 2.40. The van der Waals surface area contributed by atoms with Crippen LogP contribution in [0, 0.1) is 0 Å². The first kappa shape index (κ1) is 10.5. The van der Waals surface area contributed by atoms with Gasteiger partial charge in [-0.15, -0.1) is 0 Å². The second-order valence-electron chi connectivity index (χ2n) is 1.78. The molecular formula is C6HBr4Cl. The fourth-order valence-corrected chi connectivity index (χ4v) is 3.03. The van der Waals surface area contributed by atoms with Crippen molar-refractivity contribution >= 4 is 75.3 Å². The summed E-state index contributed by atoms with van der Waals surface area (Å²) >= 11 is 19.3. The Morgan fingerprint density at radius 3 is 1.64 bits per heavy atom. The zero-order valence-corrected chi connectivity index (χ0v) is 12.1. The maximum atomic E-state index is 5.93. The molecule has 11 heavy (non-hydrogen) atoms. The van der Waals surface area contributed by atoms with Gasteiger partial charge in [0.2, 0.25) is 0 Å². The Hall–Kier alpha value is 1.43. The van der Waals surface area contributed by atoms with Gasteiger partial charge in [-0.05, 0) is 69.8 Å². The van der Waals surface area contributed by atoms with Crippen LogP contribution in [0.1, 0.15) is 0 Å². The smallest absolute Gasteiger partial charge is 0.0713 e. The molecule has 1 aromatic rings. The molecule has 60 valence electrons. The lowest BCUT2D eigenvalue weighted by Gasteiger charge is -2.03. The van der Waals surface area contributed by atoms with E-state index in [4.69, 9.17) is 11.6 Å². The standard InChI is InChI=1S/C6HBr4Cl/c7-2-1-3(8)5(10)6(11)4(2)9/h1H. The molecule has 0 aromatic heterocycles. The van der Waals surface area contributed by atoms with Gasteiger partial charge in [-0.1, -0.05) is 11.6 Å². The van der Waals surface area contributed by atoms with Gasteiger partial charge >= 0.3 is 0 Å². The van der Waals surface area contributed by atoms with Gasteiger partial charge in [-0.3, -0.25) is 0 Å². The Balaban J connectivity index is 3.46. The summed E-state index contributed by atoms with van der Waals surface area (Å²) in [5, 5.41) is 0.659. The molecule has 1 rings (SSSR count). The highest BCUT2D eigenvalue weighted by molar-refractivity contribution is 9.14. The topological polar surface area (TPSA) is 0 Å². The molecule has 0 aliphatic carbocycles. The molecule has 0 spiro atoms. The van der Waals surface area contributed by atoms with Crippen molar-refractivity contribution in [1.29, 1.82) is 0 Å². The molecule has 0 aliphatic heterocycles. The van der Waals surface area contributed by atoms with E-state index in [-0.39, 0.29) is 0 Å². The maximum Gasteiger partial charge on any atom is 0.0713 e. The predicted octanol–water partition coefficient (Wildman–Crippen LogP) is 5.39. The van der Waals surface area contributed by atoms with Gasteiger partial charge in [-0.2, -0.15) is 0 Å². The number of rotatable bonds is 0. The van der Waals surface area contributed by atoms with Crippen LogP contribution in [0.2, 0.25) is 5.02 Å². The molecule has 0 heterocycles. The minimum Gasteiger partial charge on any atom is -0.0818 e. The third kappa shape index (κ3) is 2.21. The van der Waals surface area contributed by atoms with Crippen LogP contribution < -0.4 is 0 Å². The molecule has 1 aromatic carbocycles. The molecule has 0 saturated carbocycles. The monoisotopic (exact) mass is 424 g/mol. The minimum absolute atomic E-state index is 0.659. The summed E-state index contributed by atoms with van der Waals surface area (Å²) in [6.45, 7) is 0. The van der Waals surface area contributed by atoms with Crippen LogP contribution >= 0.6 is 75.3 Å². The molecule has 5 heteroatoms. The van der Waals surface area contributed by atoms with Crippen LogP contribution in [0.3, 0.4) is 0 Å². The average molecular weight is 428 g/mol. The normalized spacial score (nSPS) is 10.3. The van der Waals surface area contributed by atoms with E-state index in [9.17, 15) is 0 Å². The molecule has 0 N–H and O–H groups in total. The largest absolute Gasteiger partial charge is 0.0818 e. The van der Waals surface area contributed by atoms with Crippen LogP contribution in [-0.2, 0) is 0 Å². The van der Waals surface area contributed by atoms with E-state index in [1.165, 1.54) is 0 Å². The van der Waals surface area contributed by atoms with Crippen molar-refractivity contribution in [3.05, 3.63) is 29.0 Å². The zero-order chi connectivity index (χ0) is 8.59. The first-order valence-corrected chi connectivity index (χ1v) is 6.07. The Bertz CT molecular complexity index is 271. The molecule has 0 nitrogen and oxygen atoms in total. The molecular weight excluding hydrogens is 427 g/mol. The van der Waals surface area contributed by atoms with E-state index in [1.807, 2.05) is 6.07 Å². The Morgan fingerprint density at radius 2 is 1.27 bits per heavy atom. The van der Waals surface area contributed by atoms with Crippen molar-refractivity contribution in [2.24, 2.45) is 0 Å². The summed E-state index contributed by atoms with van der Waals surface area (Å²) in [5.41, 5.74) is 0. The van der Waals surface area contributed by atoms with Gasteiger partial charge in [0.25, 0.3) is 0 Å². The lowest BCUT2D eigenvalue weighted by atomic mass is 10.4. The first-order valence-electron chi connectivity index (χ1n) is 2.52. The Morgan fingerprint density at radius 1 is 0.909 bits per heavy atom. The molecule has 0 fully saturated rings. The van der Waals surface area contributed by atoms with Crippen molar-refractivity contribution in [3.63, 3.8) is 0 Å². The van der Waals surface area contributed by atoms with Crippen LogP contribution in [0.15, 0.2) is 24.0 Å². The summed E-state index contributed by atoms with van der Waals surface area (Å²) in [5.74, 6) is 0. The fraction of sp³-hybridized carbons (Fsp3) is 0. The van der Waals surface area contributed by atoms with Crippen LogP contribution in [0.4, 0.5) is 0 Å². The quantitative estimate of drug-likeness (QED) is 0.384. The van der Waals surface area contributed by atoms with Gasteiger partial charge in [0.05, 0.1) is 14.0 Å².